The summed E-state index contributed by atoms with van der Waals surface area (Å²) in [6.07, 6.45) is 0. The first-order chi connectivity index (χ1) is 55.9. The van der Waals surface area contributed by atoms with Crippen LogP contribution in [0.4, 0.5) is 0 Å². The van der Waals surface area contributed by atoms with Gasteiger partial charge in [-0.2, -0.15) is 0 Å². The van der Waals surface area contributed by atoms with Crippen LogP contribution in [0.5, 0.6) is 0 Å². The summed E-state index contributed by atoms with van der Waals surface area (Å²) in [7, 11) is 0. The molecule has 88 atom stereocenters. The van der Waals surface area contributed by atoms with Gasteiger partial charge in [0.15, 0.2) is 0 Å². The third kappa shape index (κ3) is 1.04. The van der Waals surface area contributed by atoms with Gasteiger partial charge in [-0.25, -0.2) is 0 Å². The van der Waals surface area contributed by atoms with Crippen molar-refractivity contribution in [3.05, 3.63) is 211 Å². The van der Waals surface area contributed by atoms with Gasteiger partial charge in [0.1, 0.15) is 0 Å². The van der Waals surface area contributed by atoms with Crippen molar-refractivity contribution in [2.24, 2.45) is 281 Å². The van der Waals surface area contributed by atoms with Crippen LogP contribution in [0.1, 0.15) is 230 Å². The van der Waals surface area contributed by atoms with E-state index in [0.29, 0.717) is 168 Å². The molecule has 0 aliphatic heterocycles. The Hall–Kier alpha value is 2.48. The van der Waals surface area contributed by atoms with Crippen molar-refractivity contribution >= 4 is 0 Å². The van der Waals surface area contributed by atoms with Crippen LogP contribution in [0.25, 0.3) is 0 Å². The molecule has 72 aliphatic carbocycles. The van der Waals surface area contributed by atoms with Gasteiger partial charge in [0.2, 0.25) is 0 Å². The third-order valence-corrected chi connectivity index (χ3v) is 106. The van der Waals surface area contributed by atoms with Crippen LogP contribution in [0.15, 0.2) is 0 Å². The fraction of sp³-hybridized carbons (Fsp3) is 1.00. The van der Waals surface area contributed by atoms with Crippen molar-refractivity contribution in [2.75, 3.05) is 0 Å². The van der Waals surface area contributed by atoms with Gasteiger partial charge < -0.3 is 0 Å². The topological polar surface area (TPSA) is 0 Å². The first kappa shape index (κ1) is 56.4. The molecule has 0 N–H and O–H groups in total. The molecule has 0 amide bonds. The molecule has 72 aliphatic rings. The second-order valence-electron chi connectivity index (χ2n) is 76.9. The van der Waals surface area contributed by atoms with Crippen LogP contribution < -0.4 is 0 Å². The van der Waals surface area contributed by atoms with Crippen LogP contribution in [-0.4, -0.2) is 0 Å². The fourth-order valence-corrected chi connectivity index (χ4v) is 134. The molecular weight excluding hydrogens is 1930 g/mol. The summed E-state index contributed by atoms with van der Waals surface area (Å²) in [5.74, 6) is 10.9. The Balaban J connectivity index is 0.000000781. The van der Waals surface area contributed by atoms with Crippen molar-refractivity contribution in [1.82, 2.24) is 0 Å². The molecule has 72 rings (SSSR count). The summed E-state index contributed by atoms with van der Waals surface area (Å²) >= 11 is 0. The van der Waals surface area contributed by atoms with Gasteiger partial charge in [-0.3, -0.25) is 0 Å². The molecule has 3 heteroatoms. The summed E-state index contributed by atoms with van der Waals surface area (Å²) in [6.45, 7) is 101. The Labute approximate surface area is 789 Å². The number of hydrogen-bond acceptors (Lipinski definition) is 0. The SMILES string of the molecule is C.C.C.C.CC1C2[C@H]3[C@H]4C5[C@H]6[C@H]7[C@H]8C(C)C9(C)C%10(C)C%11(C)C%12(C)C%13(C)C%14(C)C%15(C)C%16(C)C(C)(C)[C@@]%17(C)[C@@]%18(C)C%19(C)C%20(C)C%21%22C%19%23C%19%24C%25%26C%27%28C%29%30C%31%32C%33%34C%35%36C5([C@@]45C34C23C1(C)[C@@]1(C)C2(C)C%37(C)C%38(C)C%39(C)C%40%41C%38%42C%37%38C2%37C31C41[C@]%355[C@]%332[C@@]%371[C@@]%381[C@]%312[C@]23C%27%32C%254C%19%21[C@]5%19[C@@]42[C@@]%40([C@]%4213)[C@]51[C@@]%412[C@]%39(C)[C@@]3(C)C(C)(C)[C@]4(C)[C@]5(C)[C@@]%20(C)[C@@]%22%19[C@]51[C@]342)[C@]61[C@@]72C34[C@@]%361[C@@]%34%29[C@]31[C@]%11([C@]%104[C@]892)[C@]%122[C@@]%301[C@]%281[C@]%263[C@]%244[C@@]%23%18[C@@]%16%17[C@]%154[C@]%143[C@@]%1321.[W].[W].[Y]. The maximum Gasteiger partial charge on any atom is 0 e. The fourth-order valence-electron chi connectivity index (χ4n) is 134. The molecule has 0 aromatic rings. The Morgan fingerprint density at radius 2 is 0.238 bits per heavy atom. The maximum atomic E-state index is 3.63. The molecular formula is C123H112W2Y. The molecule has 1 radical (unpaired) electrons. The van der Waals surface area contributed by atoms with Crippen molar-refractivity contribution in [2.45, 2.75) is 230 Å². The monoisotopic (exact) mass is 2050 g/mol. The van der Waals surface area contributed by atoms with E-state index >= 15 is 0 Å². The van der Waals surface area contributed by atoms with Crippen LogP contribution >= 0.6 is 0 Å². The summed E-state index contributed by atoms with van der Waals surface area (Å²) < 4.78 is 0. The van der Waals surface area contributed by atoms with Gasteiger partial charge in [-0.15, -0.1) is 0 Å². The second kappa shape index (κ2) is 7.67. The standard InChI is InChI=1S/C119H96.4CH4.2W.Y/c1-30-32-34-36-38-37-35-33-31(2)42(8)48(14)54(20)60(26)63(29)58(24)52(18)46(12)40(5,6)44(10)50(16)56(22)61(27)55(21)49(15)43(9)39(3,4)45(11)51(17)57(23)62(28)59(25)53(19)47(13)41(30,7)64(32)66(34)68(36)70(38)69(37)67(35)65(33,42)74(48)80(54)86(60)89(63)84(58)78(52)72(44,46)76(50)82(56)87(61)81(55)75(49)71(43,45)77(51)83(57)88(62)85(59)79(53)73(47,64)90(66)92(68)94(70)93(69)91(67,74)98(80)104(86)107(89)102(84)96(76,78)100(82)105(87)99(81)95(75,77)101(83)106(88)103(85)97(79,90)108(92)110(94)109(93,98)114(104)117(107)112(100,102)115(105)111(99,101)116(106)113(103,108)118(110,114)119(115,116)117;;;;;;;/h30-38H,1-29H3;4*1H4;;;/t30?,31?,32-,33?,34-,35+,36-,37+,38?,41?,42?,43+,44-,45?,46-,47?,48+,49+,50-,51?,52-,53?,54?,55?,56-,57?,58?,59?,60?,61?,62?,63?,64-,65?,66-,67?,68-,69+,70?,71+,72-,73-,74?,75+,76-,77+,78-,79-,80?,81?,82-,83+,84?,85-,86?,87?,88+,89?,90?,91?,92-,93+,94?,95+,96-,97-,98+,99?,100-,101+,102-,103-,104+,105?,106+,107-,108-,109+,110?,111?,112-,113?,114+,115?,116?,117-,118?,119?;;;;;;;/m1......./s1. The zero-order valence-electron chi connectivity index (χ0n) is 76.1. The molecule has 0 saturated heterocycles. The zero-order chi connectivity index (χ0) is 74.7. The third-order valence-electron chi connectivity index (χ3n) is 106. The molecule has 56 spiro atoms. The first-order valence-corrected chi connectivity index (χ1v) is 55.9. The largest absolute Gasteiger partial charge is 0.0776 e. The number of hydrogen-bond donors (Lipinski definition) is 0. The Kier molecular flexibility index (Phi) is 3.43. The average molecular weight is 2050 g/mol. The Bertz CT molecular complexity index is 8640. The van der Waals surface area contributed by atoms with Gasteiger partial charge in [0.25, 0.3) is 0 Å². The van der Waals surface area contributed by atoms with E-state index in [4.69, 9.17) is 0 Å². The molecule has 0 nitrogen and oxygen atoms in total. The van der Waals surface area contributed by atoms with Crippen LogP contribution in [0.3, 0.4) is 0 Å². The Morgan fingerprint density at radius 3 is 0.444 bits per heavy atom. The summed E-state index contributed by atoms with van der Waals surface area (Å²) in [5, 5.41) is 0. The van der Waals surface area contributed by atoms with Gasteiger partial charge >= 0.3 is 0 Å². The molecule has 0 aromatic carbocycles. The molecule has 126 heavy (non-hydrogen) atoms. The summed E-state index contributed by atoms with van der Waals surface area (Å²) in [4.78, 5) is 0. The Morgan fingerprint density at radius 1 is 0.119 bits per heavy atom. The van der Waals surface area contributed by atoms with Crippen LogP contribution in [0, 0.1) is 492 Å². The van der Waals surface area contributed by atoms with Gasteiger partial charge in [-0.1, -0.05) is 230 Å². The van der Waals surface area contributed by atoms with Crippen molar-refractivity contribution < 1.29 is 74.8 Å². The van der Waals surface area contributed by atoms with E-state index in [1.54, 1.807) is 0 Å². The molecule has 72 fully saturated rings. The number of fused-ring (bicyclic) bond motifs is 26. The van der Waals surface area contributed by atoms with E-state index in [9.17, 15) is 0 Å². The van der Waals surface area contributed by atoms with E-state index in [0.717, 1.165) is 283 Å². The van der Waals surface area contributed by atoms with E-state index in [2.05, 4.69) is 201 Å². The molecule has 0 heterocycles. The quantitative estimate of drug-likeness (QED) is 0.227. The smallest absolute Gasteiger partial charge is 0 e. The van der Waals surface area contributed by atoms with Crippen molar-refractivity contribution in [3.8, 4) is 0 Å². The van der Waals surface area contributed by atoms with E-state index < -0.39 is 0 Å². The zero-order valence-corrected chi connectivity index (χ0v) is 84.8. The summed E-state index contributed by atoms with van der Waals surface area (Å²) in [6, 6.07) is 0. The maximum absolute atomic E-state index is 3.63. The second-order valence-corrected chi connectivity index (χ2v) is 76.9. The molecule has 72 saturated carbocycles. The molecule has 0 aromatic heterocycles. The predicted octanol–water partition coefficient (Wildman–Crippen LogP) is 21.7. The van der Waals surface area contributed by atoms with Crippen molar-refractivity contribution in [3.63, 3.8) is 0 Å². The minimum absolute atomic E-state index is 0. The minimum atomic E-state index is 0. The average Bonchev–Trinajstić information content (AvgIpc) is 0.390. The van der Waals surface area contributed by atoms with Crippen molar-refractivity contribution in [1.29, 1.82) is 0 Å². The minimum Gasteiger partial charge on any atom is -0.0776 e. The van der Waals surface area contributed by atoms with E-state index in [1.165, 1.54) is 41.4 Å². The van der Waals surface area contributed by atoms with Crippen LogP contribution in [-0.2, 0) is 74.8 Å². The molecule has 619 valence electrons. The predicted molar refractivity (Wildman–Crippen MR) is 452 cm³/mol. The first-order valence-electron chi connectivity index (χ1n) is 55.9. The summed E-state index contributed by atoms with van der Waals surface area (Å²) in [5.41, 5.74) is 59.7. The van der Waals surface area contributed by atoms with Gasteiger partial charge in [0.05, 0.1) is 0 Å². The molecule has 41 unspecified atom stereocenters. The van der Waals surface area contributed by atoms with Crippen LogP contribution in [0.2, 0.25) is 0 Å². The number of rotatable bonds is 0. The van der Waals surface area contributed by atoms with Gasteiger partial charge in [-0.05, 0) is 492 Å². The van der Waals surface area contributed by atoms with E-state index in [1.807, 2.05) is 0 Å². The van der Waals surface area contributed by atoms with E-state index in [-0.39, 0.29) is 105 Å². The normalized spacial score (nSPS) is 130. The molecule has 0 bridgehead atoms. The van der Waals surface area contributed by atoms with Gasteiger partial charge in [0, 0.05) is 74.8 Å².